The Labute approximate surface area is 71.7 Å². The van der Waals surface area contributed by atoms with Gasteiger partial charge in [0, 0.05) is 3.57 Å². The molecule has 1 N–H and O–H groups in total. The Morgan fingerprint density at radius 3 is 2.50 bits per heavy atom. The molecule has 0 atom stereocenters. The van der Waals surface area contributed by atoms with Crippen LogP contribution in [0.1, 0.15) is 0 Å². The van der Waals surface area contributed by atoms with Crippen molar-refractivity contribution in [2.24, 2.45) is 0 Å². The number of hydrogen-bond donors (Lipinski definition) is 1. The van der Waals surface area contributed by atoms with Gasteiger partial charge in [-0.15, -0.1) is 0 Å². The maximum atomic E-state index is 10.7. The van der Waals surface area contributed by atoms with Gasteiger partial charge in [0.1, 0.15) is 0 Å². The zero-order valence-electron chi connectivity index (χ0n) is 5.04. The molecule has 0 aliphatic heterocycles. The lowest BCUT2D eigenvalue weighted by Gasteiger charge is -1.75. The second kappa shape index (κ2) is 3.01. The normalized spacial score (nSPS) is 9.30. The van der Waals surface area contributed by atoms with E-state index in [1.54, 1.807) is 12.1 Å². The lowest BCUT2D eigenvalue weighted by Crippen LogP contribution is -1.91. The highest BCUT2D eigenvalue weighted by atomic mass is 127. The Balaban J connectivity index is 3.43. The Kier molecular flexibility index (Phi) is 2.26. The van der Waals surface area contributed by atoms with E-state index in [1.807, 2.05) is 0 Å². The number of rotatable bonds is 0. The van der Waals surface area contributed by atoms with Crippen LogP contribution in [-0.2, 0) is 0 Å². The smallest absolute Gasteiger partial charge is 0.220 e. The Morgan fingerprint density at radius 2 is 1.80 bits per heavy atom. The zero-order chi connectivity index (χ0) is 7.56. The quantitative estimate of drug-likeness (QED) is 0.704. The van der Waals surface area contributed by atoms with Crippen molar-refractivity contribution < 1.29 is 5.11 Å². The number of halogens is 1. The summed E-state index contributed by atoms with van der Waals surface area (Å²) in [5.74, 6) is -0.206. The fraction of sp³-hybridized carbons (Fsp3) is 0. The van der Waals surface area contributed by atoms with Crippen LogP contribution in [0.25, 0.3) is 0 Å². The summed E-state index contributed by atoms with van der Waals surface area (Å²) in [6.07, 6.45) is 0. The molecule has 0 amide bonds. The average Bonchev–Trinajstić information content (AvgIpc) is 2.04. The highest BCUT2D eigenvalue weighted by Gasteiger charge is 1.89. The van der Waals surface area contributed by atoms with E-state index in [-0.39, 0.29) is 11.2 Å². The van der Waals surface area contributed by atoms with E-state index < -0.39 is 0 Å². The molecule has 0 fully saturated rings. The minimum Gasteiger partial charge on any atom is -0.504 e. The van der Waals surface area contributed by atoms with Crippen LogP contribution in [0.5, 0.6) is 5.75 Å². The highest BCUT2D eigenvalue weighted by Crippen LogP contribution is 2.03. The lowest BCUT2D eigenvalue weighted by molar-refractivity contribution is 0.471. The van der Waals surface area contributed by atoms with Gasteiger partial charge in [0.2, 0.25) is 5.43 Å². The predicted octanol–water partition coefficient (Wildman–Crippen LogP) is 1.36. The monoisotopic (exact) mass is 248 g/mol. The Hall–Kier alpha value is -0.580. The van der Waals surface area contributed by atoms with Crippen LogP contribution in [0, 0.1) is 3.57 Å². The van der Waals surface area contributed by atoms with E-state index in [0.717, 1.165) is 3.57 Å². The van der Waals surface area contributed by atoms with Gasteiger partial charge >= 0.3 is 0 Å². The average molecular weight is 248 g/mol. The fourth-order valence-corrected chi connectivity index (χ4v) is 0.896. The van der Waals surface area contributed by atoms with Crippen molar-refractivity contribution >= 4 is 22.6 Å². The number of hydrogen-bond acceptors (Lipinski definition) is 2. The van der Waals surface area contributed by atoms with Crippen LogP contribution in [0.15, 0.2) is 29.1 Å². The van der Waals surface area contributed by atoms with Gasteiger partial charge in [-0.25, -0.2) is 0 Å². The minimum absolute atomic E-state index is 0.206. The molecule has 0 unspecified atom stereocenters. The van der Waals surface area contributed by atoms with E-state index in [0.29, 0.717) is 0 Å². The first-order valence-electron chi connectivity index (χ1n) is 2.69. The summed E-state index contributed by atoms with van der Waals surface area (Å²) >= 11 is 2.07. The molecule has 0 spiro atoms. The van der Waals surface area contributed by atoms with E-state index >= 15 is 0 Å². The second-order valence-corrected chi connectivity index (χ2v) is 3.05. The van der Waals surface area contributed by atoms with E-state index in [2.05, 4.69) is 22.6 Å². The van der Waals surface area contributed by atoms with Crippen LogP contribution >= 0.6 is 22.6 Å². The van der Waals surface area contributed by atoms with Crippen molar-refractivity contribution in [2.45, 2.75) is 0 Å². The first kappa shape index (κ1) is 7.53. The van der Waals surface area contributed by atoms with Gasteiger partial charge in [-0.2, -0.15) is 0 Å². The van der Waals surface area contributed by atoms with Gasteiger partial charge in [-0.1, -0.05) is 0 Å². The molecular weight excluding hydrogens is 243 g/mol. The SMILES string of the molecule is O=c1ccc(I)ccc1O. The Morgan fingerprint density at radius 1 is 1.20 bits per heavy atom. The first-order chi connectivity index (χ1) is 4.70. The van der Waals surface area contributed by atoms with Gasteiger partial charge in [0.15, 0.2) is 5.75 Å². The van der Waals surface area contributed by atoms with Crippen molar-refractivity contribution in [1.82, 2.24) is 0 Å². The lowest BCUT2D eigenvalue weighted by atomic mass is 10.5. The summed E-state index contributed by atoms with van der Waals surface area (Å²) in [5.41, 5.74) is -0.345. The standard InChI is InChI=1S/C7H5IO2/c8-5-1-3-6(9)7(10)4-2-5/h1-4H,(H,9,10). The van der Waals surface area contributed by atoms with Crippen molar-refractivity contribution in [2.75, 3.05) is 0 Å². The molecule has 3 heteroatoms. The van der Waals surface area contributed by atoms with Gasteiger partial charge < -0.3 is 5.11 Å². The van der Waals surface area contributed by atoms with Gasteiger partial charge in [-0.05, 0) is 46.9 Å². The summed E-state index contributed by atoms with van der Waals surface area (Å²) in [6, 6.07) is 6.07. The molecule has 1 aromatic rings. The zero-order valence-corrected chi connectivity index (χ0v) is 7.20. The molecule has 10 heavy (non-hydrogen) atoms. The van der Waals surface area contributed by atoms with Crippen molar-refractivity contribution in [3.63, 3.8) is 0 Å². The molecule has 2 nitrogen and oxygen atoms in total. The second-order valence-electron chi connectivity index (χ2n) is 1.80. The van der Waals surface area contributed by atoms with E-state index in [4.69, 9.17) is 5.11 Å². The largest absolute Gasteiger partial charge is 0.504 e. The molecule has 0 saturated heterocycles. The molecule has 0 heterocycles. The van der Waals surface area contributed by atoms with Crippen LogP contribution in [-0.4, -0.2) is 5.11 Å². The number of aromatic hydroxyl groups is 1. The van der Waals surface area contributed by atoms with Crippen molar-refractivity contribution in [1.29, 1.82) is 0 Å². The van der Waals surface area contributed by atoms with Crippen LogP contribution in [0.3, 0.4) is 0 Å². The minimum atomic E-state index is -0.345. The highest BCUT2D eigenvalue weighted by molar-refractivity contribution is 14.1. The molecule has 52 valence electrons. The van der Waals surface area contributed by atoms with Crippen molar-refractivity contribution in [3.8, 4) is 5.75 Å². The van der Waals surface area contributed by atoms with E-state index in [9.17, 15) is 4.79 Å². The molecule has 0 aliphatic carbocycles. The Bertz CT molecular complexity index is 296. The summed E-state index contributed by atoms with van der Waals surface area (Å²) in [5, 5.41) is 8.89. The molecule has 0 aromatic heterocycles. The molecule has 0 radical (unpaired) electrons. The third-order valence-corrected chi connectivity index (χ3v) is 1.77. The molecule has 1 aromatic carbocycles. The fourth-order valence-electron chi connectivity index (χ4n) is 0.537. The third kappa shape index (κ3) is 1.70. The maximum absolute atomic E-state index is 10.7. The van der Waals surface area contributed by atoms with Crippen molar-refractivity contribution in [3.05, 3.63) is 38.1 Å². The molecule has 0 aliphatic rings. The van der Waals surface area contributed by atoms with Crippen LogP contribution < -0.4 is 5.43 Å². The summed E-state index contributed by atoms with van der Waals surface area (Å²) in [6.45, 7) is 0. The van der Waals surface area contributed by atoms with Gasteiger partial charge in [0.25, 0.3) is 0 Å². The predicted molar refractivity (Wildman–Crippen MR) is 47.1 cm³/mol. The van der Waals surface area contributed by atoms with E-state index in [1.165, 1.54) is 12.1 Å². The van der Waals surface area contributed by atoms with Crippen LogP contribution in [0.4, 0.5) is 0 Å². The topological polar surface area (TPSA) is 37.3 Å². The summed E-state index contributed by atoms with van der Waals surface area (Å²) in [7, 11) is 0. The van der Waals surface area contributed by atoms with Gasteiger partial charge in [0.05, 0.1) is 0 Å². The van der Waals surface area contributed by atoms with Gasteiger partial charge in [-0.3, -0.25) is 4.79 Å². The van der Waals surface area contributed by atoms with Crippen LogP contribution in [0.2, 0.25) is 0 Å². The molecular formula is C7H5IO2. The molecule has 0 saturated carbocycles. The first-order valence-corrected chi connectivity index (χ1v) is 3.77. The maximum Gasteiger partial charge on any atom is 0.220 e. The molecule has 1 rings (SSSR count). The summed E-state index contributed by atoms with van der Waals surface area (Å²) in [4.78, 5) is 10.7. The molecule has 0 bridgehead atoms. The third-order valence-electron chi connectivity index (χ3n) is 1.05. The summed E-state index contributed by atoms with van der Waals surface area (Å²) < 4.78 is 0.926.